The first-order valence-electron chi connectivity index (χ1n) is 29.3. The Morgan fingerprint density at radius 2 is 0.543 bits per heavy atom. The monoisotopic (exact) mass is 1380 g/mol. The van der Waals surface area contributed by atoms with E-state index in [1.54, 1.807) is 20.8 Å². The number of hydrogen-bond acceptors (Lipinski definition) is 24. The topological polar surface area (TPSA) is 550 Å². The van der Waals surface area contributed by atoms with Gasteiger partial charge in [-0.2, -0.15) is 0 Å². The summed E-state index contributed by atoms with van der Waals surface area (Å²) >= 11 is 0. The van der Waals surface area contributed by atoms with E-state index in [4.69, 9.17) is 57.8 Å². The fourth-order valence-corrected chi connectivity index (χ4v) is 2.51. The summed E-state index contributed by atoms with van der Waals surface area (Å²) in [5.41, 5.74) is 34.1. The van der Waals surface area contributed by atoms with Crippen LogP contribution < -0.4 is 64.7 Å². The summed E-state index contributed by atoms with van der Waals surface area (Å²) < 4.78 is 0. The van der Waals surface area contributed by atoms with E-state index >= 15 is 0 Å². The highest BCUT2D eigenvalue weighted by Crippen LogP contribution is 2.07. The summed E-state index contributed by atoms with van der Waals surface area (Å²) in [6.45, 7) is 73.3. The predicted octanol–water partition coefficient (Wildman–Crippen LogP) is 12.5. The Balaban J connectivity index is -0.0000000165. The van der Waals surface area contributed by atoms with Gasteiger partial charge in [0, 0.05) is 26.1 Å². The quantitative estimate of drug-likeness (QED) is 0.132. The van der Waals surface area contributed by atoms with Crippen molar-refractivity contribution in [3.8, 4) is 0 Å². The number of carbonyl (C=O) groups excluding carboxylic acids is 12. The van der Waals surface area contributed by atoms with E-state index in [-0.39, 0.29) is 36.6 Å². The lowest BCUT2D eigenvalue weighted by Gasteiger charge is -2.24. The van der Waals surface area contributed by atoms with Crippen LogP contribution in [-0.2, 0) is 64.0 Å². The molecule has 0 unspecified atom stereocenters. The Kier molecular flexibility index (Phi) is 812. The highest BCUT2D eigenvalue weighted by Gasteiger charge is 2.11. The minimum Gasteiger partial charge on any atom is -0.394 e. The van der Waals surface area contributed by atoms with E-state index in [0.29, 0.717) is 0 Å². The highest BCUT2D eigenvalue weighted by molar-refractivity contribution is 5.73. The molecule has 0 bridgehead atoms. The zero-order chi connectivity index (χ0) is 80.3. The predicted molar refractivity (Wildman–Crippen MR) is 425 cm³/mol. The van der Waals surface area contributed by atoms with Crippen molar-refractivity contribution in [2.45, 2.75) is 203 Å². The van der Waals surface area contributed by atoms with Crippen LogP contribution in [0.2, 0.25) is 0 Å². The van der Waals surface area contributed by atoms with Gasteiger partial charge < -0.3 is 127 Å². The molecule has 25 heteroatoms. The third kappa shape index (κ3) is 615. The second-order valence-corrected chi connectivity index (χ2v) is 14.3. The number of rotatable bonds is 5. The number of likely N-dealkylation sites (tertiary alicyclic amines) is 1. The van der Waals surface area contributed by atoms with Gasteiger partial charge >= 0.3 is 0 Å². The van der Waals surface area contributed by atoms with Crippen LogP contribution in [0.25, 0.3) is 6.08 Å². The average Bonchev–Trinajstić information content (AvgIpc) is 3.66. The molecule has 27 N–H and O–H groups in total. The molecule has 2 aromatic rings. The van der Waals surface area contributed by atoms with Crippen LogP contribution in [0.15, 0.2) is 67.2 Å². The van der Waals surface area contributed by atoms with E-state index in [1.807, 2.05) is 164 Å². The van der Waals surface area contributed by atoms with Gasteiger partial charge in [-0.05, 0) is 124 Å². The zero-order valence-corrected chi connectivity index (χ0v) is 67.3. The van der Waals surface area contributed by atoms with Crippen LogP contribution in [0.1, 0.15) is 202 Å². The Labute approximate surface area is 584 Å². The highest BCUT2D eigenvalue weighted by atomic mass is 16.3. The maximum atomic E-state index is 10.7. The molecule has 1 amide bonds. The minimum absolute atomic E-state index is 0. The number of aliphatic hydroxyl groups excluding tert-OH is 1. The number of benzene rings is 2. The first kappa shape index (κ1) is 198. The Hall–Kier alpha value is -6.46. The number of hydrogen-bond donors (Lipinski definition) is 12. The van der Waals surface area contributed by atoms with Gasteiger partial charge in [0.2, 0.25) is 5.91 Å². The number of aryl methyl sites for hydroxylation is 1. The van der Waals surface area contributed by atoms with Gasteiger partial charge in [0.25, 0.3) is 0 Å². The van der Waals surface area contributed by atoms with Crippen molar-refractivity contribution < 1.29 is 62.6 Å². The fraction of sp³-hybridized carbons (Fsp3) is 0.623. The fourth-order valence-electron chi connectivity index (χ4n) is 2.51. The van der Waals surface area contributed by atoms with Crippen molar-refractivity contribution in [3.63, 3.8) is 0 Å². The summed E-state index contributed by atoms with van der Waals surface area (Å²) in [5, 5.41) is 8.06. The largest absolute Gasteiger partial charge is 0.394 e. The SMILES string of the molecule is C=Cc1ccccc1.C=O.C=O.C=O.C=O.C=O.C=O.C=O.C=O.C=O.C=O.C=O.CC.CC.CC.CC(=O)N1CCCCC1.CC(C)C.CC(C)O.CCC(C)C.CCC(C)C.CCC(C)C.CCc1ccccc1.CN.CN.CN.CN.CN.CN.CN.N.N.N.N. The maximum absolute atomic E-state index is 10.7. The molecule has 0 atom stereocenters. The summed E-state index contributed by atoms with van der Waals surface area (Å²) in [5.74, 6) is 3.72. The number of nitrogens with two attached hydrogens (primary N) is 7. The van der Waals surface area contributed by atoms with Crippen molar-refractivity contribution >= 4 is 86.7 Å². The molecule has 0 saturated carbocycles. The van der Waals surface area contributed by atoms with Crippen molar-refractivity contribution in [1.82, 2.24) is 29.5 Å². The first-order valence-corrected chi connectivity index (χ1v) is 29.3. The van der Waals surface area contributed by atoms with Crippen molar-refractivity contribution in [2.75, 3.05) is 62.4 Å². The molecule has 1 saturated heterocycles. The Bertz CT molecular complexity index is 1040. The van der Waals surface area contributed by atoms with Crippen molar-refractivity contribution in [2.24, 2.45) is 63.8 Å². The van der Waals surface area contributed by atoms with Gasteiger partial charge in [0.05, 0.1) is 0 Å². The van der Waals surface area contributed by atoms with E-state index < -0.39 is 0 Å². The summed E-state index contributed by atoms with van der Waals surface area (Å²) in [6, 6.07) is 20.5. The van der Waals surface area contributed by atoms with Crippen LogP contribution in [-0.4, -0.2) is 159 Å². The molecule has 586 valence electrons. The number of amides is 1. The summed E-state index contributed by atoms with van der Waals surface area (Å²) in [7, 11) is 10.5. The van der Waals surface area contributed by atoms with Crippen molar-refractivity contribution in [1.29, 1.82) is 0 Å². The van der Waals surface area contributed by atoms with Crippen molar-refractivity contribution in [3.05, 3.63) is 78.4 Å². The van der Waals surface area contributed by atoms with E-state index in [0.717, 1.165) is 43.2 Å². The molecule has 3 rings (SSSR count). The van der Waals surface area contributed by atoms with Gasteiger partial charge in [-0.25, -0.2) is 0 Å². The van der Waals surface area contributed by atoms with Crippen LogP contribution >= 0.6 is 0 Å². The molecule has 0 aromatic heterocycles. The second-order valence-electron chi connectivity index (χ2n) is 14.3. The molecular formula is C69H172N12O13. The van der Waals surface area contributed by atoms with Crippen LogP contribution in [0, 0.1) is 23.7 Å². The van der Waals surface area contributed by atoms with Gasteiger partial charge in [0.15, 0.2) is 0 Å². The van der Waals surface area contributed by atoms with Gasteiger partial charge in [-0.3, -0.25) is 4.79 Å². The number of carbonyl (C=O) groups is 12. The zero-order valence-electron chi connectivity index (χ0n) is 67.3. The van der Waals surface area contributed by atoms with Gasteiger partial charge in [0.1, 0.15) is 74.7 Å². The number of piperidine rings is 1. The molecular weight excluding hydrogens is 1200 g/mol. The number of aliphatic hydroxyl groups is 1. The molecule has 1 aliphatic rings. The Morgan fingerprint density at radius 3 is 0.628 bits per heavy atom. The second kappa shape index (κ2) is 385. The Morgan fingerprint density at radius 1 is 0.394 bits per heavy atom. The lowest BCUT2D eigenvalue weighted by molar-refractivity contribution is -0.129. The third-order valence-corrected chi connectivity index (χ3v) is 6.54. The lowest BCUT2D eigenvalue weighted by atomic mass is 10.1. The van der Waals surface area contributed by atoms with Crippen LogP contribution in [0.4, 0.5) is 0 Å². The summed E-state index contributed by atoms with van der Waals surface area (Å²) in [6.07, 6.45) is 10.4. The molecule has 0 spiro atoms. The molecule has 0 aliphatic carbocycles. The molecule has 2 aromatic carbocycles. The van der Waals surface area contributed by atoms with E-state index in [9.17, 15) is 4.79 Å². The van der Waals surface area contributed by atoms with Crippen LogP contribution in [0.3, 0.4) is 0 Å². The molecule has 1 aliphatic heterocycles. The molecule has 0 radical (unpaired) electrons. The normalized spacial score (nSPS) is 6.81. The van der Waals surface area contributed by atoms with E-state index in [2.05, 4.69) is 161 Å². The maximum Gasteiger partial charge on any atom is 0.219 e. The smallest absolute Gasteiger partial charge is 0.219 e. The standard InChI is InChI=1S/C8H10.C8H8.C7H13NO.3C5H12.C4H10.C3H8O.3C2H6.7CH5N.11CH2O.4H3N/c2*1-2-8-6-4-3-5-7-8;1-7(9)8-5-3-2-4-6-8;3*1-4-5(2)3;1-4(2)3;1-3(2)4;21*1-2;;;;/h3-7H,2H2,1H3;2-7H,1H2;2-6H2,1H3;3*5H,4H2,1-3H3;4H,1-3H3;3-4H,1-2H3;3*1-2H3;7*2H2,1H3;11*1H2;4*1H3. The third-order valence-electron chi connectivity index (χ3n) is 6.54. The molecule has 25 nitrogen and oxygen atoms in total. The van der Waals surface area contributed by atoms with Crippen LogP contribution in [0.5, 0.6) is 0 Å². The molecule has 94 heavy (non-hydrogen) atoms. The lowest BCUT2D eigenvalue weighted by Crippen LogP contribution is -2.33. The summed E-state index contributed by atoms with van der Waals surface area (Å²) in [4.78, 5) is 101. The number of nitrogens with zero attached hydrogens (tertiary/aromatic N) is 1. The molecule has 1 heterocycles. The average molecular weight is 1380 g/mol. The van der Waals surface area contributed by atoms with E-state index in [1.165, 1.54) is 99.0 Å². The minimum atomic E-state index is -0.167. The van der Waals surface area contributed by atoms with Gasteiger partial charge in [-0.15, -0.1) is 0 Å². The first-order chi connectivity index (χ1) is 43.4. The van der Waals surface area contributed by atoms with Gasteiger partial charge in [-0.1, -0.05) is 224 Å². The molecule has 1 fully saturated rings.